The number of fused-ring (bicyclic) bond motifs is 1. The van der Waals surface area contributed by atoms with Gasteiger partial charge in [-0.1, -0.05) is 13.3 Å². The van der Waals surface area contributed by atoms with Crippen LogP contribution in [0.15, 0.2) is 6.33 Å². The molecule has 1 unspecified atom stereocenters. The maximum absolute atomic E-state index is 5.87. The van der Waals surface area contributed by atoms with Crippen LogP contribution in [0.2, 0.25) is 0 Å². The maximum atomic E-state index is 5.87. The Labute approximate surface area is 136 Å². The van der Waals surface area contributed by atoms with Gasteiger partial charge in [0.1, 0.15) is 6.23 Å². The normalized spacial score (nSPS) is 19.7. The van der Waals surface area contributed by atoms with Gasteiger partial charge in [0.15, 0.2) is 17.0 Å². The van der Waals surface area contributed by atoms with Gasteiger partial charge in [-0.25, -0.2) is 4.98 Å². The zero-order valence-corrected chi connectivity index (χ0v) is 14.1. The van der Waals surface area contributed by atoms with Crippen LogP contribution in [-0.2, 0) is 4.74 Å². The minimum Gasteiger partial charge on any atom is -0.460 e. The van der Waals surface area contributed by atoms with Crippen molar-refractivity contribution < 1.29 is 9.47 Å². The molecule has 0 aromatic carbocycles. The summed E-state index contributed by atoms with van der Waals surface area (Å²) in [5, 5.41) is 3.08. The van der Waals surface area contributed by atoms with Crippen LogP contribution in [0.3, 0.4) is 0 Å². The van der Waals surface area contributed by atoms with Crippen molar-refractivity contribution in [3.63, 3.8) is 0 Å². The second kappa shape index (κ2) is 7.12. The average Bonchev–Trinajstić information content (AvgIpc) is 2.99. The van der Waals surface area contributed by atoms with Gasteiger partial charge in [0.2, 0.25) is 0 Å². The lowest BCUT2D eigenvalue weighted by Gasteiger charge is -2.24. The van der Waals surface area contributed by atoms with Gasteiger partial charge in [0.05, 0.1) is 12.4 Å². The molecule has 0 bridgehead atoms. The molecule has 3 rings (SSSR count). The van der Waals surface area contributed by atoms with Gasteiger partial charge < -0.3 is 14.8 Å². The molecule has 23 heavy (non-hydrogen) atoms. The number of hydrogen-bond donors (Lipinski definition) is 1. The SMILES string of the molecule is CCC[C@H](C)Oc1nc(NC)c2ncn(C3CCCCO3)c2n1. The number of imidazole rings is 1. The first-order chi connectivity index (χ1) is 11.2. The molecule has 1 N–H and O–H groups in total. The van der Waals surface area contributed by atoms with Crippen molar-refractivity contribution in [2.75, 3.05) is 19.0 Å². The van der Waals surface area contributed by atoms with Crippen LogP contribution < -0.4 is 10.1 Å². The smallest absolute Gasteiger partial charge is 0.320 e. The van der Waals surface area contributed by atoms with E-state index in [0.717, 1.165) is 49.9 Å². The van der Waals surface area contributed by atoms with Crippen molar-refractivity contribution in [3.05, 3.63) is 6.33 Å². The topological polar surface area (TPSA) is 74.1 Å². The third-order valence-corrected chi connectivity index (χ3v) is 4.11. The first-order valence-electron chi connectivity index (χ1n) is 8.43. The van der Waals surface area contributed by atoms with Gasteiger partial charge in [-0.05, 0) is 32.6 Å². The monoisotopic (exact) mass is 319 g/mol. The first-order valence-corrected chi connectivity index (χ1v) is 8.43. The number of nitrogens with one attached hydrogen (secondary N) is 1. The molecule has 1 saturated heterocycles. The van der Waals surface area contributed by atoms with Crippen LogP contribution in [0.4, 0.5) is 5.82 Å². The highest BCUT2D eigenvalue weighted by molar-refractivity contribution is 5.83. The highest BCUT2D eigenvalue weighted by Crippen LogP contribution is 2.29. The quantitative estimate of drug-likeness (QED) is 0.881. The molecule has 0 saturated carbocycles. The molecule has 1 fully saturated rings. The molecule has 2 aromatic rings. The molecule has 1 aliphatic rings. The van der Waals surface area contributed by atoms with E-state index < -0.39 is 0 Å². The van der Waals surface area contributed by atoms with E-state index in [4.69, 9.17) is 9.47 Å². The fraction of sp³-hybridized carbons (Fsp3) is 0.688. The van der Waals surface area contributed by atoms with Gasteiger partial charge in [-0.2, -0.15) is 9.97 Å². The van der Waals surface area contributed by atoms with Gasteiger partial charge in [0.25, 0.3) is 0 Å². The van der Waals surface area contributed by atoms with E-state index in [0.29, 0.717) is 11.8 Å². The Hall–Kier alpha value is -1.89. The van der Waals surface area contributed by atoms with Crippen molar-refractivity contribution in [2.24, 2.45) is 0 Å². The van der Waals surface area contributed by atoms with Crippen LogP contribution in [0.5, 0.6) is 6.01 Å². The number of anilines is 1. The molecule has 0 radical (unpaired) electrons. The van der Waals surface area contributed by atoms with Crippen molar-refractivity contribution in [1.29, 1.82) is 0 Å². The third kappa shape index (κ3) is 3.39. The van der Waals surface area contributed by atoms with Crippen LogP contribution >= 0.6 is 0 Å². The Kier molecular flexibility index (Phi) is 4.95. The molecular weight excluding hydrogens is 294 g/mol. The molecule has 2 aromatic heterocycles. The number of hydrogen-bond acceptors (Lipinski definition) is 6. The lowest BCUT2D eigenvalue weighted by Crippen LogP contribution is -2.18. The predicted molar refractivity (Wildman–Crippen MR) is 88.7 cm³/mol. The predicted octanol–water partition coefficient (Wildman–Crippen LogP) is 3.13. The Morgan fingerprint density at radius 2 is 2.30 bits per heavy atom. The molecule has 7 nitrogen and oxygen atoms in total. The Balaban J connectivity index is 1.96. The van der Waals surface area contributed by atoms with Crippen LogP contribution in [0.25, 0.3) is 11.2 Å². The van der Waals surface area contributed by atoms with Crippen LogP contribution in [0, 0.1) is 0 Å². The zero-order chi connectivity index (χ0) is 16.2. The average molecular weight is 319 g/mol. The van der Waals surface area contributed by atoms with Crippen molar-refractivity contribution in [3.8, 4) is 6.01 Å². The summed E-state index contributed by atoms with van der Waals surface area (Å²) in [6.07, 6.45) is 7.16. The maximum Gasteiger partial charge on any atom is 0.320 e. The van der Waals surface area contributed by atoms with Crippen molar-refractivity contribution >= 4 is 17.0 Å². The van der Waals surface area contributed by atoms with Crippen molar-refractivity contribution in [1.82, 2.24) is 19.5 Å². The lowest BCUT2D eigenvalue weighted by molar-refractivity contribution is -0.0298. The molecule has 0 spiro atoms. The van der Waals surface area contributed by atoms with Gasteiger partial charge >= 0.3 is 6.01 Å². The Bertz CT molecular complexity index is 651. The second-order valence-corrected chi connectivity index (χ2v) is 5.97. The summed E-state index contributed by atoms with van der Waals surface area (Å²) in [7, 11) is 1.83. The van der Waals surface area contributed by atoms with E-state index in [1.807, 2.05) is 18.5 Å². The third-order valence-electron chi connectivity index (χ3n) is 4.11. The Morgan fingerprint density at radius 1 is 1.43 bits per heavy atom. The summed E-state index contributed by atoms with van der Waals surface area (Å²) in [5.74, 6) is 0.684. The minimum atomic E-state index is -0.00530. The first kappa shape index (κ1) is 16.0. The number of aromatic nitrogens is 4. The fourth-order valence-corrected chi connectivity index (χ4v) is 2.92. The zero-order valence-electron chi connectivity index (χ0n) is 14.1. The highest BCUT2D eigenvalue weighted by atomic mass is 16.5. The fourth-order valence-electron chi connectivity index (χ4n) is 2.92. The molecule has 0 aliphatic carbocycles. The molecular formula is C16H25N5O2. The number of nitrogens with zero attached hydrogens (tertiary/aromatic N) is 4. The van der Waals surface area contributed by atoms with E-state index >= 15 is 0 Å². The molecule has 126 valence electrons. The number of ether oxygens (including phenoxy) is 2. The van der Waals surface area contributed by atoms with E-state index in [9.17, 15) is 0 Å². The molecule has 3 heterocycles. The Morgan fingerprint density at radius 3 is 3.00 bits per heavy atom. The summed E-state index contributed by atoms with van der Waals surface area (Å²) in [4.78, 5) is 13.5. The van der Waals surface area contributed by atoms with E-state index in [-0.39, 0.29) is 12.3 Å². The van der Waals surface area contributed by atoms with Crippen LogP contribution in [0.1, 0.15) is 52.2 Å². The molecule has 1 aliphatic heterocycles. The van der Waals surface area contributed by atoms with Gasteiger partial charge in [-0.15, -0.1) is 0 Å². The van der Waals surface area contributed by atoms with E-state index in [1.54, 1.807) is 6.33 Å². The molecule has 2 atom stereocenters. The van der Waals surface area contributed by atoms with Crippen LogP contribution in [-0.4, -0.2) is 39.3 Å². The minimum absolute atomic E-state index is 0.00530. The standard InChI is InChI=1S/C16H25N5O2/c1-4-7-11(2)23-16-19-14(17-3)13-15(20-16)21(10-18-13)12-8-5-6-9-22-12/h10-12H,4-9H2,1-3H3,(H,17,19,20)/t11-,12?/m0/s1. The summed E-state index contributed by atoms with van der Waals surface area (Å²) in [6.45, 7) is 4.96. The second-order valence-electron chi connectivity index (χ2n) is 5.97. The largest absolute Gasteiger partial charge is 0.460 e. The highest BCUT2D eigenvalue weighted by Gasteiger charge is 2.21. The van der Waals surface area contributed by atoms with Gasteiger partial charge in [0, 0.05) is 13.7 Å². The lowest BCUT2D eigenvalue weighted by atomic mass is 10.2. The number of rotatable bonds is 6. The molecule has 0 amide bonds. The van der Waals surface area contributed by atoms with E-state index in [1.165, 1.54) is 0 Å². The summed E-state index contributed by atoms with van der Waals surface area (Å²) in [6, 6.07) is 0.389. The molecule has 7 heteroatoms. The summed E-state index contributed by atoms with van der Waals surface area (Å²) in [5.41, 5.74) is 1.51. The summed E-state index contributed by atoms with van der Waals surface area (Å²) < 4.78 is 13.7. The summed E-state index contributed by atoms with van der Waals surface area (Å²) >= 11 is 0. The van der Waals surface area contributed by atoms with Gasteiger partial charge in [-0.3, -0.25) is 4.57 Å². The van der Waals surface area contributed by atoms with Crippen molar-refractivity contribution in [2.45, 2.75) is 58.3 Å². The van der Waals surface area contributed by atoms with E-state index in [2.05, 4.69) is 27.2 Å².